The lowest BCUT2D eigenvalue weighted by atomic mass is 9.93. The third-order valence-electron chi connectivity index (χ3n) is 7.65. The van der Waals surface area contributed by atoms with Crippen molar-refractivity contribution in [2.75, 3.05) is 30.4 Å². The molecule has 2 aliphatic rings. The van der Waals surface area contributed by atoms with E-state index < -0.39 is 0 Å². The molecule has 2 aliphatic heterocycles. The molecule has 2 aromatic heterocycles. The molecule has 206 valence electrons. The lowest BCUT2D eigenvalue weighted by molar-refractivity contribution is -0.142. The van der Waals surface area contributed by atoms with Gasteiger partial charge in [-0.05, 0) is 54.9 Å². The van der Waals surface area contributed by atoms with Crippen LogP contribution in [0.5, 0.6) is 0 Å². The van der Waals surface area contributed by atoms with Crippen molar-refractivity contribution in [3.63, 3.8) is 0 Å². The van der Waals surface area contributed by atoms with E-state index >= 15 is 0 Å². The van der Waals surface area contributed by atoms with Gasteiger partial charge in [0.05, 0.1) is 12.2 Å². The second kappa shape index (κ2) is 11.5. The number of nitrogens with one attached hydrogen (secondary N) is 2. The largest absolute Gasteiger partial charge is 0.381 e. The SMILES string of the molecule is C=CC(=O)N1CCC1C(=O)Cc1ccc(C)c(CNc2nc(NC3CCOCC3)nc3c(C(C)C)cnn23)c1. The number of anilines is 2. The predicted molar refractivity (Wildman–Crippen MR) is 150 cm³/mol. The summed E-state index contributed by atoms with van der Waals surface area (Å²) in [5.74, 6) is 1.32. The number of amides is 1. The van der Waals surface area contributed by atoms with Crippen LogP contribution in [0.25, 0.3) is 5.65 Å². The Morgan fingerprint density at radius 2 is 2.00 bits per heavy atom. The van der Waals surface area contributed by atoms with E-state index in [4.69, 9.17) is 14.7 Å². The fourth-order valence-corrected chi connectivity index (χ4v) is 5.13. The van der Waals surface area contributed by atoms with Crippen molar-refractivity contribution in [1.29, 1.82) is 0 Å². The molecule has 4 heterocycles. The van der Waals surface area contributed by atoms with Gasteiger partial charge < -0.3 is 20.3 Å². The zero-order chi connectivity index (χ0) is 27.5. The number of rotatable bonds is 10. The van der Waals surface area contributed by atoms with Crippen LogP contribution in [0.3, 0.4) is 0 Å². The van der Waals surface area contributed by atoms with Crippen LogP contribution < -0.4 is 10.6 Å². The molecule has 10 heteroatoms. The molecule has 2 N–H and O–H groups in total. The zero-order valence-electron chi connectivity index (χ0n) is 22.9. The average Bonchev–Trinajstić information content (AvgIpc) is 3.33. The summed E-state index contributed by atoms with van der Waals surface area (Å²) in [6, 6.07) is 5.98. The summed E-state index contributed by atoms with van der Waals surface area (Å²) in [5, 5.41) is 11.5. The molecule has 0 bridgehead atoms. The highest BCUT2D eigenvalue weighted by molar-refractivity contribution is 5.95. The number of Topliss-reactive ketones (excluding diaryl/α,β-unsaturated/α-hetero) is 1. The third kappa shape index (κ3) is 5.80. The molecule has 1 amide bonds. The van der Waals surface area contributed by atoms with Gasteiger partial charge in [-0.3, -0.25) is 9.59 Å². The lowest BCUT2D eigenvalue weighted by Gasteiger charge is -2.39. The summed E-state index contributed by atoms with van der Waals surface area (Å²) in [6.45, 7) is 12.4. The summed E-state index contributed by atoms with van der Waals surface area (Å²) in [5.41, 5.74) is 4.95. The Morgan fingerprint density at radius 3 is 2.69 bits per heavy atom. The number of nitrogens with zero attached hydrogens (tertiary/aromatic N) is 5. The quantitative estimate of drug-likeness (QED) is 0.381. The first-order chi connectivity index (χ1) is 18.8. The first kappa shape index (κ1) is 26.8. The fraction of sp³-hybridized carbons (Fsp3) is 0.483. The summed E-state index contributed by atoms with van der Waals surface area (Å²) >= 11 is 0. The first-order valence-corrected chi connectivity index (χ1v) is 13.7. The highest BCUT2D eigenvalue weighted by atomic mass is 16.5. The number of fused-ring (bicyclic) bond motifs is 1. The summed E-state index contributed by atoms with van der Waals surface area (Å²) in [7, 11) is 0. The van der Waals surface area contributed by atoms with Gasteiger partial charge in [0.15, 0.2) is 11.4 Å². The van der Waals surface area contributed by atoms with Crippen LogP contribution in [0, 0.1) is 6.92 Å². The van der Waals surface area contributed by atoms with E-state index in [1.54, 1.807) is 9.42 Å². The van der Waals surface area contributed by atoms with Crippen LogP contribution in [-0.4, -0.2) is 68.0 Å². The Morgan fingerprint density at radius 1 is 1.21 bits per heavy atom. The van der Waals surface area contributed by atoms with Crippen LogP contribution in [0.1, 0.15) is 61.3 Å². The van der Waals surface area contributed by atoms with Crippen LogP contribution >= 0.6 is 0 Å². The number of aromatic nitrogens is 4. The van der Waals surface area contributed by atoms with Gasteiger partial charge >= 0.3 is 0 Å². The topological polar surface area (TPSA) is 114 Å². The van der Waals surface area contributed by atoms with Crippen LogP contribution in [0.2, 0.25) is 0 Å². The molecule has 39 heavy (non-hydrogen) atoms. The first-order valence-electron chi connectivity index (χ1n) is 13.7. The molecule has 0 radical (unpaired) electrons. The van der Waals surface area contributed by atoms with E-state index in [0.717, 1.165) is 54.0 Å². The summed E-state index contributed by atoms with van der Waals surface area (Å²) in [4.78, 5) is 36.1. The Labute approximate surface area is 228 Å². The number of carbonyl (C=O) groups is 2. The molecule has 0 saturated carbocycles. The minimum Gasteiger partial charge on any atom is -0.381 e. The maximum absolute atomic E-state index is 12.9. The number of hydrogen-bond donors (Lipinski definition) is 2. The molecule has 1 unspecified atom stereocenters. The molecule has 1 atom stereocenters. The third-order valence-corrected chi connectivity index (χ3v) is 7.65. The van der Waals surface area contributed by atoms with Gasteiger partial charge in [0.25, 0.3) is 0 Å². The highest BCUT2D eigenvalue weighted by Crippen LogP contribution is 2.25. The second-order valence-electron chi connectivity index (χ2n) is 10.7. The van der Waals surface area contributed by atoms with Crippen molar-refractivity contribution < 1.29 is 14.3 Å². The second-order valence-corrected chi connectivity index (χ2v) is 10.7. The van der Waals surface area contributed by atoms with Gasteiger partial charge in [0, 0.05) is 44.3 Å². The van der Waals surface area contributed by atoms with Crippen LogP contribution in [0.15, 0.2) is 37.1 Å². The lowest BCUT2D eigenvalue weighted by Crippen LogP contribution is -2.55. The van der Waals surface area contributed by atoms with Gasteiger partial charge in [0.2, 0.25) is 17.8 Å². The maximum atomic E-state index is 12.9. The van der Waals surface area contributed by atoms with E-state index in [-0.39, 0.29) is 36.1 Å². The Kier molecular flexibility index (Phi) is 7.92. The number of ketones is 1. The van der Waals surface area contributed by atoms with E-state index in [2.05, 4.69) is 49.1 Å². The number of ether oxygens (including phenoxy) is 1. The minimum absolute atomic E-state index is 0.0540. The molecular weight excluding hydrogens is 494 g/mol. The van der Waals surface area contributed by atoms with Gasteiger partial charge in [-0.2, -0.15) is 19.6 Å². The van der Waals surface area contributed by atoms with Crippen molar-refractivity contribution in [1.82, 2.24) is 24.5 Å². The number of benzene rings is 1. The number of carbonyl (C=O) groups excluding carboxylic acids is 2. The van der Waals surface area contributed by atoms with E-state index in [9.17, 15) is 9.59 Å². The normalized spacial score (nSPS) is 17.7. The Hall–Kier alpha value is -3.79. The number of hydrogen-bond acceptors (Lipinski definition) is 8. The Bertz CT molecular complexity index is 1380. The molecule has 2 saturated heterocycles. The van der Waals surface area contributed by atoms with E-state index in [0.29, 0.717) is 31.4 Å². The molecule has 10 nitrogen and oxygen atoms in total. The van der Waals surface area contributed by atoms with Crippen LogP contribution in [-0.2, 0) is 27.3 Å². The van der Waals surface area contributed by atoms with Crippen LogP contribution in [0.4, 0.5) is 11.9 Å². The standard InChI is InChI=1S/C29H37N7O3/c1-5-26(38)35-11-8-24(35)25(37)15-20-7-6-19(4)21(14-20)16-30-29-34-28(32-22-9-12-39-13-10-22)33-27-23(18(2)3)17-31-36(27)29/h5-7,14,17-18,22,24H,1,8-13,15-16H2,2-4H3,(H2,30,32,33,34). The van der Waals surface area contributed by atoms with E-state index in [1.807, 2.05) is 18.3 Å². The smallest absolute Gasteiger partial charge is 0.246 e. The summed E-state index contributed by atoms with van der Waals surface area (Å²) in [6.07, 6.45) is 5.95. The molecule has 1 aromatic carbocycles. The minimum atomic E-state index is -0.357. The van der Waals surface area contributed by atoms with Crippen molar-refractivity contribution in [3.8, 4) is 0 Å². The molecular formula is C29H37N7O3. The van der Waals surface area contributed by atoms with Crippen molar-refractivity contribution in [3.05, 3.63) is 59.3 Å². The van der Waals surface area contributed by atoms with Gasteiger partial charge in [0.1, 0.15) is 0 Å². The summed E-state index contributed by atoms with van der Waals surface area (Å²) < 4.78 is 7.25. The molecule has 5 rings (SSSR count). The van der Waals surface area contributed by atoms with E-state index in [1.165, 1.54) is 6.08 Å². The maximum Gasteiger partial charge on any atom is 0.246 e. The van der Waals surface area contributed by atoms with Gasteiger partial charge in [-0.25, -0.2) is 0 Å². The Balaban J connectivity index is 1.34. The molecule has 0 aliphatic carbocycles. The van der Waals surface area contributed by atoms with Crippen molar-refractivity contribution in [2.24, 2.45) is 0 Å². The average molecular weight is 532 g/mol. The number of aryl methyl sites for hydroxylation is 1. The monoisotopic (exact) mass is 531 g/mol. The highest BCUT2D eigenvalue weighted by Gasteiger charge is 2.36. The fourth-order valence-electron chi connectivity index (χ4n) is 5.13. The predicted octanol–water partition coefficient (Wildman–Crippen LogP) is 3.66. The molecule has 3 aromatic rings. The van der Waals surface area contributed by atoms with Crippen molar-refractivity contribution in [2.45, 2.75) is 71.0 Å². The zero-order valence-corrected chi connectivity index (χ0v) is 22.9. The molecule has 0 spiro atoms. The van der Waals surface area contributed by atoms with Gasteiger partial charge in [-0.15, -0.1) is 0 Å². The van der Waals surface area contributed by atoms with Gasteiger partial charge in [-0.1, -0.05) is 38.6 Å². The number of likely N-dealkylation sites (tertiary alicyclic amines) is 1. The van der Waals surface area contributed by atoms with Crippen molar-refractivity contribution >= 4 is 29.2 Å². The molecule has 2 fully saturated rings.